The SMILES string of the molecule is CC1=C[C@H](C)[C@@H](C)O[C@]12[C@@H](C)[C@H]1OC(=O)[C@]2(C)C(=O)[C@@H]1C. The third-order valence-corrected chi connectivity index (χ3v) is 6.14. The predicted octanol–water partition coefficient (Wildman–Crippen LogP) is 2.51. The van der Waals surface area contributed by atoms with Gasteiger partial charge in [-0.25, -0.2) is 0 Å². The maximum atomic E-state index is 12.9. The van der Waals surface area contributed by atoms with E-state index in [1.54, 1.807) is 6.92 Å². The van der Waals surface area contributed by atoms with Gasteiger partial charge in [-0.1, -0.05) is 26.8 Å². The quantitative estimate of drug-likeness (QED) is 0.391. The summed E-state index contributed by atoms with van der Waals surface area (Å²) in [5, 5.41) is 0. The molecular formula is C17H24O4. The average molecular weight is 292 g/mol. The summed E-state index contributed by atoms with van der Waals surface area (Å²) >= 11 is 0. The van der Waals surface area contributed by atoms with Crippen LogP contribution in [0.3, 0.4) is 0 Å². The van der Waals surface area contributed by atoms with Crippen LogP contribution in [0.25, 0.3) is 0 Å². The molecule has 1 spiro atoms. The van der Waals surface area contributed by atoms with Crippen LogP contribution in [0.1, 0.15) is 41.5 Å². The molecule has 3 aliphatic heterocycles. The number of rotatable bonds is 0. The highest BCUT2D eigenvalue weighted by atomic mass is 16.6. The van der Waals surface area contributed by atoms with Crippen molar-refractivity contribution in [1.82, 2.24) is 0 Å². The summed E-state index contributed by atoms with van der Waals surface area (Å²) in [5.74, 6) is -0.492. The fraction of sp³-hybridized carbons (Fsp3) is 0.765. The molecule has 1 saturated carbocycles. The van der Waals surface area contributed by atoms with E-state index in [4.69, 9.17) is 9.47 Å². The molecule has 21 heavy (non-hydrogen) atoms. The number of hydrogen-bond acceptors (Lipinski definition) is 4. The molecule has 0 aromatic carbocycles. The molecular weight excluding hydrogens is 268 g/mol. The molecule has 0 amide bonds. The Morgan fingerprint density at radius 1 is 1.14 bits per heavy atom. The summed E-state index contributed by atoms with van der Waals surface area (Å²) in [6.45, 7) is 11.7. The lowest BCUT2D eigenvalue weighted by Gasteiger charge is -2.62. The van der Waals surface area contributed by atoms with E-state index < -0.39 is 23.1 Å². The van der Waals surface area contributed by atoms with Gasteiger partial charge in [-0.15, -0.1) is 0 Å². The lowest BCUT2D eigenvalue weighted by atomic mass is 9.50. The summed E-state index contributed by atoms with van der Waals surface area (Å²) < 4.78 is 11.9. The number of carbonyl (C=O) groups excluding carboxylic acids is 2. The maximum Gasteiger partial charge on any atom is 0.323 e. The molecule has 4 heteroatoms. The number of Topliss-reactive ketones (excluding diaryl/α,β-unsaturated/α-hetero) is 1. The van der Waals surface area contributed by atoms with Crippen LogP contribution in [0.2, 0.25) is 0 Å². The monoisotopic (exact) mass is 292 g/mol. The Balaban J connectivity index is 2.25. The van der Waals surface area contributed by atoms with Crippen molar-refractivity contribution in [3.63, 3.8) is 0 Å². The van der Waals surface area contributed by atoms with Crippen molar-refractivity contribution in [3.05, 3.63) is 11.6 Å². The Hall–Kier alpha value is -1.16. The molecule has 2 bridgehead atoms. The van der Waals surface area contributed by atoms with Crippen LogP contribution in [0.5, 0.6) is 0 Å². The van der Waals surface area contributed by atoms with Crippen LogP contribution < -0.4 is 0 Å². The lowest BCUT2D eigenvalue weighted by Crippen LogP contribution is -2.76. The number of fused-ring (bicyclic) bond motifs is 2. The van der Waals surface area contributed by atoms with Crippen LogP contribution >= 0.6 is 0 Å². The zero-order chi connectivity index (χ0) is 15.7. The molecule has 4 rings (SSSR count). The molecule has 0 unspecified atom stereocenters. The molecule has 0 N–H and O–H groups in total. The summed E-state index contributed by atoms with van der Waals surface area (Å²) in [5.41, 5.74) is -1.11. The van der Waals surface area contributed by atoms with Crippen molar-refractivity contribution >= 4 is 11.8 Å². The summed E-state index contributed by atoms with van der Waals surface area (Å²) in [6.07, 6.45) is 1.74. The highest BCUT2D eigenvalue weighted by molar-refractivity contribution is 6.09. The first-order valence-corrected chi connectivity index (χ1v) is 7.80. The molecule has 116 valence electrons. The van der Waals surface area contributed by atoms with Crippen LogP contribution in [0.15, 0.2) is 11.6 Å². The molecule has 1 aliphatic carbocycles. The fourth-order valence-electron chi connectivity index (χ4n) is 4.73. The molecule has 0 aromatic rings. The van der Waals surface area contributed by atoms with Gasteiger partial charge in [0.15, 0.2) is 11.2 Å². The van der Waals surface area contributed by atoms with Crippen molar-refractivity contribution in [2.45, 2.75) is 59.4 Å². The molecule has 3 heterocycles. The third kappa shape index (κ3) is 1.44. The molecule has 2 saturated heterocycles. The van der Waals surface area contributed by atoms with Crippen molar-refractivity contribution in [2.24, 2.45) is 23.2 Å². The van der Waals surface area contributed by atoms with Gasteiger partial charge < -0.3 is 9.47 Å². The third-order valence-electron chi connectivity index (χ3n) is 6.14. The van der Waals surface area contributed by atoms with Gasteiger partial charge in [0, 0.05) is 11.8 Å². The Morgan fingerprint density at radius 3 is 2.38 bits per heavy atom. The Labute approximate surface area is 125 Å². The molecule has 0 radical (unpaired) electrons. The Kier molecular flexibility index (Phi) is 2.94. The van der Waals surface area contributed by atoms with Crippen molar-refractivity contribution in [2.75, 3.05) is 0 Å². The van der Waals surface area contributed by atoms with Crippen molar-refractivity contribution in [3.8, 4) is 0 Å². The Bertz CT molecular complexity index is 551. The largest absolute Gasteiger partial charge is 0.460 e. The van der Waals surface area contributed by atoms with E-state index in [0.29, 0.717) is 0 Å². The average Bonchev–Trinajstić information content (AvgIpc) is 2.42. The van der Waals surface area contributed by atoms with Gasteiger partial charge in [0.2, 0.25) is 0 Å². The second-order valence-corrected chi connectivity index (χ2v) is 7.20. The molecule has 7 atom stereocenters. The first-order valence-electron chi connectivity index (χ1n) is 7.80. The minimum Gasteiger partial charge on any atom is -0.460 e. The van der Waals surface area contributed by atoms with Crippen molar-refractivity contribution < 1.29 is 19.1 Å². The zero-order valence-electron chi connectivity index (χ0n) is 13.6. The van der Waals surface area contributed by atoms with Gasteiger partial charge in [0.05, 0.1) is 12.0 Å². The normalized spacial score (nSPS) is 52.9. The zero-order valence-corrected chi connectivity index (χ0v) is 13.6. The van der Waals surface area contributed by atoms with Gasteiger partial charge in [-0.2, -0.15) is 0 Å². The van der Waals surface area contributed by atoms with Crippen molar-refractivity contribution in [1.29, 1.82) is 0 Å². The molecule has 0 aromatic heterocycles. The van der Waals surface area contributed by atoms with E-state index >= 15 is 0 Å². The van der Waals surface area contributed by atoms with Gasteiger partial charge in [-0.05, 0) is 26.3 Å². The first-order chi connectivity index (χ1) is 9.67. The van der Waals surface area contributed by atoms with Crippen LogP contribution in [-0.4, -0.2) is 29.6 Å². The topological polar surface area (TPSA) is 52.6 Å². The second-order valence-electron chi connectivity index (χ2n) is 7.20. The Morgan fingerprint density at radius 2 is 1.76 bits per heavy atom. The van der Waals surface area contributed by atoms with Gasteiger partial charge >= 0.3 is 5.97 Å². The lowest BCUT2D eigenvalue weighted by molar-refractivity contribution is -0.261. The number of esters is 1. The number of carbonyl (C=O) groups is 2. The number of hydrogen-bond donors (Lipinski definition) is 0. The summed E-state index contributed by atoms with van der Waals surface area (Å²) in [6, 6.07) is 0. The van der Waals surface area contributed by atoms with E-state index in [2.05, 4.69) is 13.0 Å². The first kappa shape index (κ1) is 14.8. The van der Waals surface area contributed by atoms with E-state index in [0.717, 1.165) is 5.57 Å². The van der Waals surface area contributed by atoms with E-state index in [9.17, 15) is 9.59 Å². The van der Waals surface area contributed by atoms with Crippen LogP contribution in [-0.2, 0) is 19.1 Å². The second kappa shape index (κ2) is 4.19. The number of ketones is 1. The van der Waals surface area contributed by atoms with E-state index in [-0.39, 0.29) is 29.6 Å². The molecule has 4 aliphatic rings. The maximum absolute atomic E-state index is 12.9. The smallest absolute Gasteiger partial charge is 0.323 e. The summed E-state index contributed by atoms with van der Waals surface area (Å²) in [4.78, 5) is 25.4. The standard InChI is InChI=1S/C17H24O4/c1-8-7-9(2)17(21-12(8)5)11(4)13-10(3)14(18)16(17,6)15(19)20-13/h7-8,10-13H,1-6H3/t8-,10+,11-,12+,13-,16-,17-/m0/s1. The van der Waals surface area contributed by atoms with Gasteiger partial charge in [0.25, 0.3) is 0 Å². The number of ether oxygens (including phenoxy) is 2. The van der Waals surface area contributed by atoms with E-state index in [1.807, 2.05) is 27.7 Å². The minimum atomic E-state index is -1.24. The van der Waals surface area contributed by atoms with Gasteiger partial charge in [0.1, 0.15) is 11.7 Å². The molecule has 4 nitrogen and oxygen atoms in total. The van der Waals surface area contributed by atoms with E-state index in [1.165, 1.54) is 0 Å². The van der Waals surface area contributed by atoms with Gasteiger partial charge in [-0.3, -0.25) is 9.59 Å². The molecule has 3 fully saturated rings. The minimum absolute atomic E-state index is 0.0248. The summed E-state index contributed by atoms with van der Waals surface area (Å²) in [7, 11) is 0. The van der Waals surface area contributed by atoms with Crippen LogP contribution in [0.4, 0.5) is 0 Å². The fourth-order valence-corrected chi connectivity index (χ4v) is 4.73. The predicted molar refractivity (Wildman–Crippen MR) is 77.5 cm³/mol. The van der Waals surface area contributed by atoms with Crippen LogP contribution in [0, 0.1) is 23.2 Å². The highest BCUT2D eigenvalue weighted by Gasteiger charge is 2.74. The highest BCUT2D eigenvalue weighted by Crippen LogP contribution is 2.60.